The minimum atomic E-state index is -1.05. The lowest BCUT2D eigenvalue weighted by atomic mass is 10.2. The molecule has 0 saturated heterocycles. The third-order valence-corrected chi connectivity index (χ3v) is 3.09. The Morgan fingerprint density at radius 1 is 1.35 bits per heavy atom. The number of benzene rings is 1. The van der Waals surface area contributed by atoms with Crippen molar-refractivity contribution in [2.75, 3.05) is 17.2 Å². The largest absolute Gasteiger partial charge is 0.478 e. The van der Waals surface area contributed by atoms with Crippen LogP contribution in [0.15, 0.2) is 36.5 Å². The van der Waals surface area contributed by atoms with Gasteiger partial charge in [-0.25, -0.2) is 9.78 Å². The van der Waals surface area contributed by atoms with Crippen molar-refractivity contribution in [1.29, 1.82) is 0 Å². The van der Waals surface area contributed by atoms with Crippen molar-refractivity contribution in [2.24, 2.45) is 0 Å². The van der Waals surface area contributed by atoms with Crippen LogP contribution in [0, 0.1) is 6.92 Å². The van der Waals surface area contributed by atoms with Crippen molar-refractivity contribution in [1.82, 2.24) is 4.98 Å². The topological polar surface area (TPSA) is 79.5 Å². The van der Waals surface area contributed by atoms with Crippen molar-refractivity contribution in [2.45, 2.75) is 13.8 Å². The Labute approximate surface area is 117 Å². The fourth-order valence-corrected chi connectivity index (χ4v) is 1.99. The number of hydrogen-bond acceptors (Lipinski definition) is 4. The van der Waals surface area contributed by atoms with Gasteiger partial charge >= 0.3 is 5.97 Å². The summed E-state index contributed by atoms with van der Waals surface area (Å²) in [5, 5.41) is 9.13. The van der Waals surface area contributed by atoms with Crippen LogP contribution in [-0.2, 0) is 0 Å². The zero-order chi connectivity index (χ0) is 14.7. The zero-order valence-corrected chi connectivity index (χ0v) is 11.5. The van der Waals surface area contributed by atoms with E-state index in [9.17, 15) is 4.79 Å². The number of carboxylic acid groups (broad SMARTS) is 1. The average Bonchev–Trinajstić information content (AvgIpc) is 2.43. The van der Waals surface area contributed by atoms with Crippen LogP contribution < -0.4 is 10.6 Å². The summed E-state index contributed by atoms with van der Waals surface area (Å²) >= 11 is 0. The summed E-state index contributed by atoms with van der Waals surface area (Å²) in [6, 6.07) is 9.48. The number of aromatic nitrogens is 1. The van der Waals surface area contributed by atoms with E-state index in [1.807, 2.05) is 43.0 Å². The summed E-state index contributed by atoms with van der Waals surface area (Å²) in [6.45, 7) is 4.68. The molecule has 1 aromatic heterocycles. The predicted octanol–water partition coefficient (Wildman–Crippen LogP) is 2.83. The Morgan fingerprint density at radius 3 is 2.55 bits per heavy atom. The molecular formula is C15H17N3O2. The van der Waals surface area contributed by atoms with Gasteiger partial charge in [0.2, 0.25) is 0 Å². The van der Waals surface area contributed by atoms with Gasteiger partial charge in [0.15, 0.2) is 0 Å². The standard InChI is InChI=1S/C15H17N3O2/c1-3-18(11-6-4-10(2)5-7-11)14-8-12(15(19)20)13(16)9-17-14/h4-9H,3,16H2,1-2H3,(H,19,20). The Balaban J connectivity index is 2.44. The number of nitrogen functional groups attached to an aromatic ring is 1. The Morgan fingerprint density at radius 2 is 2.00 bits per heavy atom. The molecule has 2 aromatic rings. The number of aromatic carboxylic acids is 1. The van der Waals surface area contributed by atoms with Gasteiger partial charge in [-0.1, -0.05) is 17.7 Å². The Hall–Kier alpha value is -2.56. The van der Waals surface area contributed by atoms with E-state index in [2.05, 4.69) is 4.98 Å². The van der Waals surface area contributed by atoms with Crippen LogP contribution in [-0.4, -0.2) is 22.6 Å². The molecule has 0 amide bonds. The van der Waals surface area contributed by atoms with Gasteiger partial charge in [-0.2, -0.15) is 0 Å². The zero-order valence-electron chi connectivity index (χ0n) is 11.5. The molecule has 1 aromatic carbocycles. The molecule has 0 unspecified atom stereocenters. The number of hydrogen-bond donors (Lipinski definition) is 2. The summed E-state index contributed by atoms with van der Waals surface area (Å²) in [7, 11) is 0. The molecule has 104 valence electrons. The summed E-state index contributed by atoms with van der Waals surface area (Å²) < 4.78 is 0. The maximum Gasteiger partial charge on any atom is 0.337 e. The SMILES string of the molecule is CCN(c1ccc(C)cc1)c1cc(C(=O)O)c(N)cn1. The Kier molecular flexibility index (Phi) is 3.89. The fraction of sp³-hybridized carbons (Fsp3) is 0.200. The van der Waals surface area contributed by atoms with Gasteiger partial charge in [0.1, 0.15) is 5.82 Å². The van der Waals surface area contributed by atoms with E-state index in [4.69, 9.17) is 10.8 Å². The third-order valence-electron chi connectivity index (χ3n) is 3.09. The third kappa shape index (κ3) is 2.71. The highest BCUT2D eigenvalue weighted by atomic mass is 16.4. The monoisotopic (exact) mass is 271 g/mol. The summed E-state index contributed by atoms with van der Waals surface area (Å²) in [5.74, 6) is -0.478. The van der Waals surface area contributed by atoms with Gasteiger partial charge in [0.05, 0.1) is 17.4 Å². The second-order valence-electron chi connectivity index (χ2n) is 4.51. The van der Waals surface area contributed by atoms with Crippen LogP contribution in [0.1, 0.15) is 22.8 Å². The molecule has 0 atom stereocenters. The molecule has 0 radical (unpaired) electrons. The molecule has 0 aliphatic rings. The van der Waals surface area contributed by atoms with Crippen LogP contribution in [0.3, 0.4) is 0 Å². The van der Waals surface area contributed by atoms with Gasteiger partial charge < -0.3 is 15.7 Å². The van der Waals surface area contributed by atoms with Gasteiger partial charge in [-0.3, -0.25) is 0 Å². The fourth-order valence-electron chi connectivity index (χ4n) is 1.99. The first-order valence-corrected chi connectivity index (χ1v) is 6.36. The van der Waals surface area contributed by atoms with Crippen LogP contribution in [0.4, 0.5) is 17.2 Å². The normalized spacial score (nSPS) is 10.3. The van der Waals surface area contributed by atoms with E-state index in [-0.39, 0.29) is 11.3 Å². The molecule has 3 N–H and O–H groups in total. The number of rotatable bonds is 4. The van der Waals surface area contributed by atoms with E-state index in [0.29, 0.717) is 12.4 Å². The predicted molar refractivity (Wildman–Crippen MR) is 79.5 cm³/mol. The highest BCUT2D eigenvalue weighted by Crippen LogP contribution is 2.26. The van der Waals surface area contributed by atoms with Gasteiger partial charge in [-0.15, -0.1) is 0 Å². The number of nitrogens with zero attached hydrogens (tertiary/aromatic N) is 2. The van der Waals surface area contributed by atoms with Gasteiger partial charge in [0.25, 0.3) is 0 Å². The van der Waals surface area contributed by atoms with Crippen molar-refractivity contribution in [3.63, 3.8) is 0 Å². The second kappa shape index (κ2) is 5.61. The molecule has 0 bridgehead atoms. The van der Waals surface area contributed by atoms with Crippen LogP contribution in [0.2, 0.25) is 0 Å². The van der Waals surface area contributed by atoms with E-state index in [0.717, 1.165) is 5.69 Å². The van der Waals surface area contributed by atoms with Crippen molar-refractivity contribution < 1.29 is 9.90 Å². The van der Waals surface area contributed by atoms with Crippen molar-refractivity contribution in [3.8, 4) is 0 Å². The lowest BCUT2D eigenvalue weighted by molar-refractivity contribution is 0.0698. The van der Waals surface area contributed by atoms with E-state index in [1.165, 1.54) is 17.8 Å². The van der Waals surface area contributed by atoms with Crippen LogP contribution in [0.25, 0.3) is 0 Å². The minimum absolute atomic E-state index is 0.0700. The first-order valence-electron chi connectivity index (χ1n) is 6.36. The molecule has 0 aliphatic carbocycles. The highest BCUT2D eigenvalue weighted by molar-refractivity contribution is 5.94. The Bertz CT molecular complexity index is 624. The molecule has 0 saturated carbocycles. The van der Waals surface area contributed by atoms with Crippen molar-refractivity contribution >= 4 is 23.2 Å². The molecule has 0 spiro atoms. The number of aryl methyl sites for hydroxylation is 1. The first kappa shape index (κ1) is 13.9. The molecule has 5 nitrogen and oxygen atoms in total. The molecule has 5 heteroatoms. The highest BCUT2D eigenvalue weighted by Gasteiger charge is 2.14. The first-order chi connectivity index (χ1) is 9.52. The number of pyridine rings is 1. The maximum absolute atomic E-state index is 11.1. The maximum atomic E-state index is 11.1. The summed E-state index contributed by atoms with van der Waals surface area (Å²) in [5.41, 5.74) is 8.00. The molecular weight excluding hydrogens is 254 g/mol. The summed E-state index contributed by atoms with van der Waals surface area (Å²) in [6.07, 6.45) is 1.38. The van der Waals surface area contributed by atoms with E-state index < -0.39 is 5.97 Å². The number of anilines is 3. The minimum Gasteiger partial charge on any atom is -0.478 e. The van der Waals surface area contributed by atoms with Crippen molar-refractivity contribution in [3.05, 3.63) is 47.7 Å². The number of carboxylic acids is 1. The molecule has 0 aliphatic heterocycles. The van der Waals surface area contributed by atoms with Crippen LogP contribution >= 0.6 is 0 Å². The molecule has 2 rings (SSSR count). The molecule has 0 fully saturated rings. The lowest BCUT2D eigenvalue weighted by Gasteiger charge is -2.22. The van der Waals surface area contributed by atoms with Gasteiger partial charge in [-0.05, 0) is 32.0 Å². The van der Waals surface area contributed by atoms with E-state index in [1.54, 1.807) is 0 Å². The van der Waals surface area contributed by atoms with Crippen LogP contribution in [0.5, 0.6) is 0 Å². The number of nitrogens with two attached hydrogens (primary N) is 1. The number of carbonyl (C=O) groups is 1. The lowest BCUT2D eigenvalue weighted by Crippen LogP contribution is -2.18. The second-order valence-corrected chi connectivity index (χ2v) is 4.51. The molecule has 1 heterocycles. The summed E-state index contributed by atoms with van der Waals surface area (Å²) in [4.78, 5) is 17.3. The van der Waals surface area contributed by atoms with Gasteiger partial charge in [0, 0.05) is 12.2 Å². The average molecular weight is 271 g/mol. The smallest absolute Gasteiger partial charge is 0.337 e. The molecule has 20 heavy (non-hydrogen) atoms. The van der Waals surface area contributed by atoms with E-state index >= 15 is 0 Å². The quantitative estimate of drug-likeness (QED) is 0.893.